The highest BCUT2D eigenvalue weighted by Crippen LogP contribution is 2.35. The van der Waals surface area contributed by atoms with Gasteiger partial charge in [0, 0.05) is 12.7 Å². The number of aryl methyl sites for hydroxylation is 1. The number of fused-ring (bicyclic) bond motifs is 1. The first-order valence-electron chi connectivity index (χ1n) is 6.42. The molecule has 1 aliphatic rings. The third kappa shape index (κ3) is 2.36. The quantitative estimate of drug-likeness (QED) is 0.912. The zero-order valence-corrected chi connectivity index (χ0v) is 11.2. The van der Waals surface area contributed by atoms with Gasteiger partial charge in [0.05, 0.1) is 0 Å². The summed E-state index contributed by atoms with van der Waals surface area (Å²) in [5, 5.41) is 3.16. The number of benzene rings is 2. The molecule has 3 nitrogen and oxygen atoms in total. The van der Waals surface area contributed by atoms with Gasteiger partial charge in [-0.2, -0.15) is 0 Å². The third-order valence-corrected chi connectivity index (χ3v) is 3.44. The van der Waals surface area contributed by atoms with Gasteiger partial charge in [-0.15, -0.1) is 0 Å². The lowest BCUT2D eigenvalue weighted by Crippen LogP contribution is -1.94. The van der Waals surface area contributed by atoms with Crippen LogP contribution in [0.3, 0.4) is 0 Å². The zero-order valence-electron chi connectivity index (χ0n) is 11.2. The summed E-state index contributed by atoms with van der Waals surface area (Å²) in [5.74, 6) is 1.70. The Morgan fingerprint density at radius 3 is 2.68 bits per heavy atom. The normalized spacial score (nSPS) is 12.5. The van der Waals surface area contributed by atoms with E-state index < -0.39 is 0 Å². The highest BCUT2D eigenvalue weighted by molar-refractivity contribution is 5.51. The van der Waals surface area contributed by atoms with E-state index in [-0.39, 0.29) is 0 Å². The monoisotopic (exact) mass is 255 g/mol. The van der Waals surface area contributed by atoms with Gasteiger partial charge in [-0.25, -0.2) is 0 Å². The number of nitrogens with one attached hydrogen (secondary N) is 1. The fourth-order valence-electron chi connectivity index (χ4n) is 2.33. The van der Waals surface area contributed by atoms with Crippen LogP contribution in [0.4, 0.5) is 5.69 Å². The van der Waals surface area contributed by atoms with Crippen molar-refractivity contribution in [3.8, 4) is 11.5 Å². The maximum atomic E-state index is 5.44. The molecule has 1 aliphatic heterocycles. The zero-order chi connectivity index (χ0) is 13.2. The summed E-state index contributed by atoms with van der Waals surface area (Å²) in [5.41, 5.74) is 4.93. The molecular weight excluding hydrogens is 238 g/mol. The molecule has 19 heavy (non-hydrogen) atoms. The molecule has 1 heterocycles. The van der Waals surface area contributed by atoms with E-state index in [0.717, 1.165) is 23.6 Å². The van der Waals surface area contributed by atoms with Gasteiger partial charge in [-0.3, -0.25) is 0 Å². The SMILES string of the molecule is CNc1cccc(Cc2cc3c(cc2C)OCO3)c1. The molecule has 0 unspecified atom stereocenters. The molecule has 0 saturated heterocycles. The molecule has 0 amide bonds. The number of ether oxygens (including phenoxy) is 2. The van der Waals surface area contributed by atoms with E-state index in [1.165, 1.54) is 16.7 Å². The van der Waals surface area contributed by atoms with Gasteiger partial charge in [-0.1, -0.05) is 12.1 Å². The lowest BCUT2D eigenvalue weighted by Gasteiger charge is -2.09. The summed E-state index contributed by atoms with van der Waals surface area (Å²) in [4.78, 5) is 0. The van der Waals surface area contributed by atoms with Crippen molar-refractivity contribution in [1.29, 1.82) is 0 Å². The lowest BCUT2D eigenvalue weighted by molar-refractivity contribution is 0.174. The van der Waals surface area contributed by atoms with Crippen LogP contribution in [-0.2, 0) is 6.42 Å². The topological polar surface area (TPSA) is 30.5 Å². The fraction of sp³-hybridized carbons (Fsp3) is 0.250. The van der Waals surface area contributed by atoms with Crippen LogP contribution < -0.4 is 14.8 Å². The molecule has 0 radical (unpaired) electrons. The summed E-state index contributed by atoms with van der Waals surface area (Å²) in [6, 6.07) is 12.6. The van der Waals surface area contributed by atoms with Crippen molar-refractivity contribution >= 4 is 5.69 Å². The average Bonchev–Trinajstić information content (AvgIpc) is 2.86. The number of anilines is 1. The molecule has 1 N–H and O–H groups in total. The van der Waals surface area contributed by atoms with Crippen molar-refractivity contribution < 1.29 is 9.47 Å². The molecule has 0 bridgehead atoms. The van der Waals surface area contributed by atoms with Gasteiger partial charge >= 0.3 is 0 Å². The van der Waals surface area contributed by atoms with E-state index >= 15 is 0 Å². The standard InChI is InChI=1S/C16H17NO2/c1-11-6-15-16(19-10-18-15)9-13(11)7-12-4-3-5-14(8-12)17-2/h3-6,8-9,17H,7,10H2,1-2H3. The van der Waals surface area contributed by atoms with Gasteiger partial charge in [-0.05, 0) is 54.3 Å². The van der Waals surface area contributed by atoms with Crippen LogP contribution in [0.5, 0.6) is 11.5 Å². The van der Waals surface area contributed by atoms with Gasteiger partial charge in [0.25, 0.3) is 0 Å². The van der Waals surface area contributed by atoms with Crippen LogP contribution in [-0.4, -0.2) is 13.8 Å². The Bertz CT molecular complexity index is 608. The number of hydrogen-bond donors (Lipinski definition) is 1. The van der Waals surface area contributed by atoms with Crippen molar-refractivity contribution in [3.63, 3.8) is 0 Å². The molecule has 0 saturated carbocycles. The van der Waals surface area contributed by atoms with Crippen molar-refractivity contribution in [3.05, 3.63) is 53.1 Å². The first-order chi connectivity index (χ1) is 9.26. The minimum absolute atomic E-state index is 0.327. The van der Waals surface area contributed by atoms with Crippen LogP contribution in [0.1, 0.15) is 16.7 Å². The molecule has 0 spiro atoms. The molecule has 0 atom stereocenters. The molecule has 0 aliphatic carbocycles. The number of rotatable bonds is 3. The lowest BCUT2D eigenvalue weighted by atomic mass is 9.99. The summed E-state index contributed by atoms with van der Waals surface area (Å²) in [6.07, 6.45) is 0.901. The van der Waals surface area contributed by atoms with E-state index in [2.05, 4.69) is 48.6 Å². The molecule has 0 aromatic heterocycles. The van der Waals surface area contributed by atoms with E-state index in [0.29, 0.717) is 6.79 Å². The van der Waals surface area contributed by atoms with Gasteiger partial charge in [0.1, 0.15) is 0 Å². The molecule has 3 rings (SSSR count). The Labute approximate surface area is 113 Å². The van der Waals surface area contributed by atoms with Crippen LogP contribution >= 0.6 is 0 Å². The Hall–Kier alpha value is -2.16. The molecule has 2 aromatic rings. The summed E-state index contributed by atoms with van der Waals surface area (Å²) < 4.78 is 10.8. The third-order valence-electron chi connectivity index (χ3n) is 3.44. The van der Waals surface area contributed by atoms with E-state index in [9.17, 15) is 0 Å². The van der Waals surface area contributed by atoms with E-state index in [1.54, 1.807) is 0 Å². The Kier molecular flexibility index (Phi) is 3.03. The predicted octanol–water partition coefficient (Wildman–Crippen LogP) is 3.36. The summed E-state index contributed by atoms with van der Waals surface area (Å²) in [7, 11) is 1.94. The minimum atomic E-state index is 0.327. The molecule has 2 aromatic carbocycles. The predicted molar refractivity (Wildman–Crippen MR) is 76.1 cm³/mol. The summed E-state index contributed by atoms with van der Waals surface area (Å²) in [6.45, 7) is 2.44. The smallest absolute Gasteiger partial charge is 0.231 e. The Morgan fingerprint density at radius 2 is 1.89 bits per heavy atom. The maximum Gasteiger partial charge on any atom is 0.231 e. The Morgan fingerprint density at radius 1 is 1.11 bits per heavy atom. The van der Waals surface area contributed by atoms with E-state index in [4.69, 9.17) is 9.47 Å². The second kappa shape index (κ2) is 4.84. The number of hydrogen-bond acceptors (Lipinski definition) is 3. The average molecular weight is 255 g/mol. The Balaban J connectivity index is 1.90. The minimum Gasteiger partial charge on any atom is -0.454 e. The van der Waals surface area contributed by atoms with Gasteiger partial charge < -0.3 is 14.8 Å². The van der Waals surface area contributed by atoms with Crippen molar-refractivity contribution in [2.24, 2.45) is 0 Å². The van der Waals surface area contributed by atoms with Crippen LogP contribution in [0.15, 0.2) is 36.4 Å². The second-order valence-electron chi connectivity index (χ2n) is 4.76. The van der Waals surface area contributed by atoms with Gasteiger partial charge in [0.15, 0.2) is 11.5 Å². The first-order valence-corrected chi connectivity index (χ1v) is 6.42. The first kappa shape index (κ1) is 11.9. The largest absolute Gasteiger partial charge is 0.454 e. The van der Waals surface area contributed by atoms with Gasteiger partial charge in [0.2, 0.25) is 6.79 Å². The molecule has 3 heteroatoms. The van der Waals surface area contributed by atoms with Crippen LogP contribution in [0, 0.1) is 6.92 Å². The van der Waals surface area contributed by atoms with Crippen molar-refractivity contribution in [1.82, 2.24) is 0 Å². The fourth-order valence-corrected chi connectivity index (χ4v) is 2.33. The highest BCUT2D eigenvalue weighted by atomic mass is 16.7. The molecular formula is C16H17NO2. The highest BCUT2D eigenvalue weighted by Gasteiger charge is 2.15. The maximum absolute atomic E-state index is 5.44. The molecule has 98 valence electrons. The summed E-state index contributed by atoms with van der Waals surface area (Å²) >= 11 is 0. The van der Waals surface area contributed by atoms with Crippen LogP contribution in [0.2, 0.25) is 0 Å². The van der Waals surface area contributed by atoms with Crippen molar-refractivity contribution in [2.75, 3.05) is 19.2 Å². The van der Waals surface area contributed by atoms with Crippen LogP contribution in [0.25, 0.3) is 0 Å². The molecule has 0 fully saturated rings. The van der Waals surface area contributed by atoms with E-state index in [1.807, 2.05) is 7.05 Å². The second-order valence-corrected chi connectivity index (χ2v) is 4.76. The van der Waals surface area contributed by atoms with Crippen molar-refractivity contribution in [2.45, 2.75) is 13.3 Å².